The number of hydrogen-bond acceptors (Lipinski definition) is 0. The van der Waals surface area contributed by atoms with E-state index in [0.717, 1.165) is 12.8 Å². The zero-order valence-electron chi connectivity index (χ0n) is 15.2. The van der Waals surface area contributed by atoms with Gasteiger partial charge in [-0.25, -0.2) is 0 Å². The zero-order valence-corrected chi connectivity index (χ0v) is 15.2. The van der Waals surface area contributed by atoms with Gasteiger partial charge in [0.2, 0.25) is 0 Å². The first-order chi connectivity index (χ1) is 12.8. The van der Waals surface area contributed by atoms with E-state index in [0.29, 0.717) is 5.92 Å². The van der Waals surface area contributed by atoms with Crippen molar-refractivity contribution in [1.29, 1.82) is 0 Å². The van der Waals surface area contributed by atoms with E-state index in [-0.39, 0.29) is 0 Å². The Morgan fingerprint density at radius 2 is 1.23 bits per heavy atom. The summed E-state index contributed by atoms with van der Waals surface area (Å²) in [7, 11) is 0. The zero-order chi connectivity index (χ0) is 17.8. The standard InChI is InChI=1S/C26H24/c1-20-11-14-24(15-12-20)26(17-21-7-3-2-4-8-21)19-22-13-16-23-9-5-6-10-25(23)18-22/h2-16,18,26H,17,19H2,1H3. The molecular weight excluding hydrogens is 312 g/mol. The van der Waals surface area contributed by atoms with Crippen molar-refractivity contribution < 1.29 is 0 Å². The average molecular weight is 336 g/mol. The third kappa shape index (κ3) is 3.86. The van der Waals surface area contributed by atoms with Crippen LogP contribution in [-0.2, 0) is 12.8 Å². The molecule has 1 unspecified atom stereocenters. The smallest absolute Gasteiger partial charge is 0.00810 e. The first-order valence-electron chi connectivity index (χ1n) is 9.36. The van der Waals surface area contributed by atoms with Crippen LogP contribution in [0.15, 0.2) is 97.1 Å². The SMILES string of the molecule is Cc1ccc(C(Cc2ccccc2)Cc2ccc3ccccc3c2)cc1. The Bertz CT molecular complexity index is 981. The minimum Gasteiger partial charge on any atom is -0.0622 e. The first kappa shape index (κ1) is 16.6. The summed E-state index contributed by atoms with van der Waals surface area (Å²) in [6.45, 7) is 2.15. The summed E-state index contributed by atoms with van der Waals surface area (Å²) in [5.41, 5.74) is 5.55. The molecule has 0 N–H and O–H groups in total. The van der Waals surface area contributed by atoms with E-state index in [4.69, 9.17) is 0 Å². The molecule has 0 radical (unpaired) electrons. The quantitative estimate of drug-likeness (QED) is 0.379. The Balaban J connectivity index is 1.65. The maximum Gasteiger partial charge on any atom is -0.00810 e. The van der Waals surface area contributed by atoms with Crippen LogP contribution in [0.4, 0.5) is 0 Å². The Morgan fingerprint density at radius 1 is 0.577 bits per heavy atom. The van der Waals surface area contributed by atoms with E-state index < -0.39 is 0 Å². The molecule has 1 atom stereocenters. The molecule has 0 aliphatic heterocycles. The molecule has 0 nitrogen and oxygen atoms in total. The van der Waals surface area contributed by atoms with Gasteiger partial charge in [-0.05, 0) is 53.1 Å². The highest BCUT2D eigenvalue weighted by molar-refractivity contribution is 5.83. The summed E-state index contributed by atoms with van der Waals surface area (Å²) in [6.07, 6.45) is 2.12. The van der Waals surface area contributed by atoms with Crippen molar-refractivity contribution in [3.63, 3.8) is 0 Å². The minimum atomic E-state index is 0.485. The van der Waals surface area contributed by atoms with Crippen LogP contribution in [0, 0.1) is 6.92 Å². The lowest BCUT2D eigenvalue weighted by Crippen LogP contribution is -2.07. The number of aryl methyl sites for hydroxylation is 1. The second kappa shape index (κ2) is 7.58. The predicted octanol–water partition coefficient (Wildman–Crippen LogP) is 6.72. The van der Waals surface area contributed by atoms with Crippen molar-refractivity contribution in [2.45, 2.75) is 25.7 Å². The first-order valence-corrected chi connectivity index (χ1v) is 9.36. The van der Waals surface area contributed by atoms with E-state index in [2.05, 4.69) is 104 Å². The van der Waals surface area contributed by atoms with Gasteiger partial charge in [-0.1, -0.05) is 103 Å². The van der Waals surface area contributed by atoms with E-state index in [9.17, 15) is 0 Å². The van der Waals surface area contributed by atoms with Crippen LogP contribution < -0.4 is 0 Å². The van der Waals surface area contributed by atoms with Crippen LogP contribution in [0.3, 0.4) is 0 Å². The third-order valence-electron chi connectivity index (χ3n) is 5.17. The molecule has 0 aromatic heterocycles. The van der Waals surface area contributed by atoms with Crippen molar-refractivity contribution in [2.75, 3.05) is 0 Å². The highest BCUT2D eigenvalue weighted by atomic mass is 14.2. The number of rotatable bonds is 5. The van der Waals surface area contributed by atoms with Crippen LogP contribution >= 0.6 is 0 Å². The highest BCUT2D eigenvalue weighted by Gasteiger charge is 2.14. The molecule has 0 saturated heterocycles. The maximum atomic E-state index is 2.35. The fourth-order valence-electron chi connectivity index (χ4n) is 3.70. The molecule has 0 aliphatic rings. The van der Waals surface area contributed by atoms with Crippen molar-refractivity contribution in [1.82, 2.24) is 0 Å². The van der Waals surface area contributed by atoms with Crippen LogP contribution in [0.25, 0.3) is 10.8 Å². The van der Waals surface area contributed by atoms with E-state index in [1.807, 2.05) is 0 Å². The van der Waals surface area contributed by atoms with Gasteiger partial charge in [0.05, 0.1) is 0 Å². The van der Waals surface area contributed by atoms with Gasteiger partial charge < -0.3 is 0 Å². The molecule has 0 bridgehead atoms. The topological polar surface area (TPSA) is 0 Å². The maximum absolute atomic E-state index is 2.35. The van der Waals surface area contributed by atoms with Gasteiger partial charge in [-0.15, -0.1) is 0 Å². The molecule has 26 heavy (non-hydrogen) atoms. The largest absolute Gasteiger partial charge is 0.0622 e. The summed E-state index contributed by atoms with van der Waals surface area (Å²) in [5.74, 6) is 0.485. The molecule has 0 aliphatic carbocycles. The lowest BCUT2D eigenvalue weighted by Gasteiger charge is -2.19. The van der Waals surface area contributed by atoms with Crippen LogP contribution in [0.2, 0.25) is 0 Å². The Hall–Kier alpha value is -2.86. The van der Waals surface area contributed by atoms with Gasteiger partial charge >= 0.3 is 0 Å². The molecule has 4 aromatic carbocycles. The van der Waals surface area contributed by atoms with E-state index in [1.165, 1.54) is 33.0 Å². The lowest BCUT2D eigenvalue weighted by molar-refractivity contribution is 0.680. The summed E-state index contributed by atoms with van der Waals surface area (Å²) < 4.78 is 0. The molecule has 4 aromatic rings. The molecular formula is C26H24. The lowest BCUT2D eigenvalue weighted by atomic mass is 9.86. The van der Waals surface area contributed by atoms with Gasteiger partial charge in [0.15, 0.2) is 0 Å². The summed E-state index contributed by atoms with van der Waals surface area (Å²) in [5, 5.41) is 2.64. The fraction of sp³-hybridized carbons (Fsp3) is 0.154. The minimum absolute atomic E-state index is 0.485. The normalized spacial score (nSPS) is 12.2. The van der Waals surface area contributed by atoms with Crippen molar-refractivity contribution in [2.24, 2.45) is 0 Å². The van der Waals surface area contributed by atoms with Crippen molar-refractivity contribution >= 4 is 10.8 Å². The molecule has 4 rings (SSSR count). The fourth-order valence-corrected chi connectivity index (χ4v) is 3.70. The number of benzene rings is 4. The summed E-state index contributed by atoms with van der Waals surface area (Å²) in [6, 6.07) is 35.4. The molecule has 0 amide bonds. The van der Waals surface area contributed by atoms with Crippen LogP contribution in [-0.4, -0.2) is 0 Å². The molecule has 0 fully saturated rings. The third-order valence-corrected chi connectivity index (χ3v) is 5.17. The summed E-state index contributed by atoms with van der Waals surface area (Å²) >= 11 is 0. The molecule has 0 spiro atoms. The van der Waals surface area contributed by atoms with Crippen LogP contribution in [0.5, 0.6) is 0 Å². The van der Waals surface area contributed by atoms with E-state index in [1.54, 1.807) is 0 Å². The monoisotopic (exact) mass is 336 g/mol. The van der Waals surface area contributed by atoms with Gasteiger partial charge in [0, 0.05) is 0 Å². The predicted molar refractivity (Wildman–Crippen MR) is 112 cm³/mol. The molecule has 0 saturated carbocycles. The second-order valence-electron chi connectivity index (χ2n) is 7.18. The van der Waals surface area contributed by atoms with Gasteiger partial charge in [-0.3, -0.25) is 0 Å². The van der Waals surface area contributed by atoms with Gasteiger partial charge in [0.25, 0.3) is 0 Å². The Labute approximate surface area is 156 Å². The number of fused-ring (bicyclic) bond motifs is 1. The van der Waals surface area contributed by atoms with E-state index >= 15 is 0 Å². The Kier molecular flexibility index (Phi) is 4.84. The molecule has 0 heteroatoms. The molecule has 128 valence electrons. The van der Waals surface area contributed by atoms with Gasteiger partial charge in [0.1, 0.15) is 0 Å². The summed E-state index contributed by atoms with van der Waals surface area (Å²) in [4.78, 5) is 0. The Morgan fingerprint density at radius 3 is 2.00 bits per heavy atom. The van der Waals surface area contributed by atoms with Crippen molar-refractivity contribution in [3.05, 3.63) is 119 Å². The van der Waals surface area contributed by atoms with Crippen molar-refractivity contribution in [3.8, 4) is 0 Å². The van der Waals surface area contributed by atoms with Crippen LogP contribution in [0.1, 0.15) is 28.2 Å². The number of hydrogen-bond donors (Lipinski definition) is 0. The highest BCUT2D eigenvalue weighted by Crippen LogP contribution is 2.27. The average Bonchev–Trinajstić information content (AvgIpc) is 2.69. The second-order valence-corrected chi connectivity index (χ2v) is 7.18. The molecule has 0 heterocycles. The van der Waals surface area contributed by atoms with Gasteiger partial charge in [-0.2, -0.15) is 0 Å².